The van der Waals surface area contributed by atoms with E-state index in [0.717, 1.165) is 6.08 Å². The number of carboxylic acids is 2. The summed E-state index contributed by atoms with van der Waals surface area (Å²) in [7, 11) is 0. The van der Waals surface area contributed by atoms with Crippen molar-refractivity contribution in [1.29, 1.82) is 0 Å². The summed E-state index contributed by atoms with van der Waals surface area (Å²) in [4.78, 5) is 19.2. The van der Waals surface area contributed by atoms with Gasteiger partial charge in [0, 0.05) is 11.6 Å². The van der Waals surface area contributed by atoms with Crippen molar-refractivity contribution in [3.63, 3.8) is 0 Å². The average Bonchev–Trinajstić information content (AvgIpc) is 2.06. The Labute approximate surface area is 76.5 Å². The molecule has 0 amide bonds. The lowest BCUT2D eigenvalue weighted by atomic mass is 10.3. The predicted octanol–water partition coefficient (Wildman–Crippen LogP) is 1.46. The minimum Gasteiger partial charge on any atom is -0.478 e. The van der Waals surface area contributed by atoms with E-state index in [1.807, 2.05) is 0 Å². The Kier molecular flexibility index (Phi) is 8.72. The molecule has 0 heterocycles. The molecule has 0 fully saturated rings. The maximum absolute atomic E-state index is 9.97. The van der Waals surface area contributed by atoms with Crippen LogP contribution in [-0.2, 0) is 9.59 Å². The summed E-state index contributed by atoms with van der Waals surface area (Å²) in [5, 5.41) is 15.8. The van der Waals surface area contributed by atoms with Crippen LogP contribution >= 0.6 is 0 Å². The Bertz CT molecular complexity index is 238. The van der Waals surface area contributed by atoms with Crippen LogP contribution in [0.15, 0.2) is 37.0 Å². The van der Waals surface area contributed by atoms with Crippen LogP contribution in [-0.4, -0.2) is 22.2 Å². The summed E-state index contributed by atoms with van der Waals surface area (Å²) in [6, 6.07) is 0. The summed E-state index contributed by atoms with van der Waals surface area (Å²) in [5.74, 6) is -1.88. The predicted molar refractivity (Wildman–Crippen MR) is 49.4 cm³/mol. The SMILES string of the molecule is C=CC(=O)O.C=CC=C(C)C(=O)O. The molecule has 4 nitrogen and oxygen atoms in total. The second-order valence-electron chi connectivity index (χ2n) is 1.93. The van der Waals surface area contributed by atoms with Crippen molar-refractivity contribution < 1.29 is 19.8 Å². The van der Waals surface area contributed by atoms with E-state index in [4.69, 9.17) is 10.2 Å². The average molecular weight is 184 g/mol. The Morgan fingerprint density at radius 1 is 1.23 bits per heavy atom. The Balaban J connectivity index is 0. The zero-order valence-electron chi connectivity index (χ0n) is 7.36. The molecule has 4 heteroatoms. The highest BCUT2D eigenvalue weighted by molar-refractivity contribution is 5.86. The van der Waals surface area contributed by atoms with Crippen LogP contribution < -0.4 is 0 Å². The number of carboxylic acid groups (broad SMARTS) is 2. The van der Waals surface area contributed by atoms with E-state index < -0.39 is 11.9 Å². The van der Waals surface area contributed by atoms with Crippen molar-refractivity contribution in [3.05, 3.63) is 37.0 Å². The van der Waals surface area contributed by atoms with Gasteiger partial charge in [-0.05, 0) is 6.92 Å². The molecule has 0 spiro atoms. The van der Waals surface area contributed by atoms with E-state index in [1.165, 1.54) is 19.1 Å². The highest BCUT2D eigenvalue weighted by atomic mass is 16.4. The van der Waals surface area contributed by atoms with E-state index in [1.54, 1.807) is 0 Å². The third kappa shape index (κ3) is 13.2. The van der Waals surface area contributed by atoms with Crippen LogP contribution in [0, 0.1) is 0 Å². The van der Waals surface area contributed by atoms with Gasteiger partial charge in [-0.1, -0.05) is 25.3 Å². The van der Waals surface area contributed by atoms with Crippen LogP contribution in [0.3, 0.4) is 0 Å². The van der Waals surface area contributed by atoms with E-state index in [-0.39, 0.29) is 0 Å². The largest absolute Gasteiger partial charge is 0.478 e. The van der Waals surface area contributed by atoms with Crippen molar-refractivity contribution in [2.24, 2.45) is 0 Å². The second-order valence-corrected chi connectivity index (χ2v) is 1.93. The Morgan fingerprint density at radius 2 is 1.62 bits per heavy atom. The highest BCUT2D eigenvalue weighted by Crippen LogP contribution is 1.89. The molecule has 0 aromatic heterocycles. The molecule has 0 bridgehead atoms. The molecule has 72 valence electrons. The first-order valence-electron chi connectivity index (χ1n) is 3.33. The van der Waals surface area contributed by atoms with Gasteiger partial charge in [0.15, 0.2) is 0 Å². The molecule has 13 heavy (non-hydrogen) atoms. The zero-order chi connectivity index (χ0) is 10.9. The number of allylic oxidation sites excluding steroid dienone is 2. The Morgan fingerprint density at radius 3 is 1.69 bits per heavy atom. The molecule has 0 aliphatic rings. The van der Waals surface area contributed by atoms with Crippen LogP contribution in [0.5, 0.6) is 0 Å². The Hall–Kier alpha value is -1.84. The van der Waals surface area contributed by atoms with Gasteiger partial charge in [0.05, 0.1) is 0 Å². The van der Waals surface area contributed by atoms with E-state index in [2.05, 4.69) is 13.2 Å². The molecule has 0 atom stereocenters. The van der Waals surface area contributed by atoms with Crippen LogP contribution in [0.1, 0.15) is 6.92 Å². The summed E-state index contributed by atoms with van der Waals surface area (Å²) < 4.78 is 0. The molecule has 0 aromatic rings. The highest BCUT2D eigenvalue weighted by Gasteiger charge is 1.94. The molecular formula is C9H12O4. The number of aliphatic carboxylic acids is 2. The van der Waals surface area contributed by atoms with Crippen molar-refractivity contribution in [2.45, 2.75) is 6.92 Å². The molecule has 0 radical (unpaired) electrons. The maximum atomic E-state index is 9.97. The van der Waals surface area contributed by atoms with Gasteiger partial charge in [-0.3, -0.25) is 0 Å². The number of hydrogen-bond acceptors (Lipinski definition) is 2. The minimum absolute atomic E-state index is 0.306. The lowest BCUT2D eigenvalue weighted by Gasteiger charge is -1.84. The lowest BCUT2D eigenvalue weighted by Crippen LogP contribution is -1.94. The van der Waals surface area contributed by atoms with E-state index in [0.29, 0.717) is 5.57 Å². The third-order valence-electron chi connectivity index (χ3n) is 0.880. The van der Waals surface area contributed by atoms with Crippen molar-refractivity contribution in [3.8, 4) is 0 Å². The van der Waals surface area contributed by atoms with Crippen LogP contribution in [0.4, 0.5) is 0 Å². The number of hydrogen-bond donors (Lipinski definition) is 2. The molecule has 0 rings (SSSR count). The van der Waals surface area contributed by atoms with Gasteiger partial charge < -0.3 is 10.2 Å². The van der Waals surface area contributed by atoms with Gasteiger partial charge in [0.1, 0.15) is 0 Å². The van der Waals surface area contributed by atoms with Gasteiger partial charge in [-0.15, -0.1) is 0 Å². The lowest BCUT2D eigenvalue weighted by molar-refractivity contribution is -0.133. The molecule has 0 aliphatic heterocycles. The molecule has 0 aliphatic carbocycles. The van der Waals surface area contributed by atoms with Crippen molar-refractivity contribution in [2.75, 3.05) is 0 Å². The zero-order valence-corrected chi connectivity index (χ0v) is 7.36. The fourth-order valence-electron chi connectivity index (χ4n) is 0.248. The fourth-order valence-corrected chi connectivity index (χ4v) is 0.248. The van der Waals surface area contributed by atoms with Crippen LogP contribution in [0.2, 0.25) is 0 Å². The van der Waals surface area contributed by atoms with Gasteiger partial charge in [0.2, 0.25) is 0 Å². The van der Waals surface area contributed by atoms with Gasteiger partial charge in [-0.2, -0.15) is 0 Å². The van der Waals surface area contributed by atoms with Crippen molar-refractivity contribution >= 4 is 11.9 Å². The monoisotopic (exact) mass is 184 g/mol. The third-order valence-corrected chi connectivity index (χ3v) is 0.880. The second kappa shape index (κ2) is 8.26. The maximum Gasteiger partial charge on any atom is 0.331 e. The van der Waals surface area contributed by atoms with Crippen LogP contribution in [0.25, 0.3) is 0 Å². The normalized spacial score (nSPS) is 9.15. The van der Waals surface area contributed by atoms with E-state index in [9.17, 15) is 9.59 Å². The standard InChI is InChI=1S/C6H8O2.C3H4O2/c1-3-4-5(2)6(7)8;1-2-3(4)5/h3-4H,1H2,2H3,(H,7,8);2H,1H2,(H,4,5). The first-order chi connectivity index (χ1) is 5.95. The fraction of sp³-hybridized carbons (Fsp3) is 0.111. The molecule has 0 unspecified atom stereocenters. The minimum atomic E-state index is -0.981. The summed E-state index contributed by atoms with van der Waals surface area (Å²) in [6.45, 7) is 7.82. The van der Waals surface area contributed by atoms with Gasteiger partial charge in [-0.25, -0.2) is 9.59 Å². The van der Waals surface area contributed by atoms with Gasteiger partial charge >= 0.3 is 11.9 Å². The molecular weight excluding hydrogens is 172 g/mol. The van der Waals surface area contributed by atoms with E-state index >= 15 is 0 Å². The number of rotatable bonds is 3. The first kappa shape index (κ1) is 13.7. The molecule has 2 N–H and O–H groups in total. The summed E-state index contributed by atoms with van der Waals surface area (Å²) in [6.07, 6.45) is 3.73. The summed E-state index contributed by atoms with van der Waals surface area (Å²) >= 11 is 0. The van der Waals surface area contributed by atoms with Gasteiger partial charge in [0.25, 0.3) is 0 Å². The quantitative estimate of drug-likeness (QED) is 0.514. The van der Waals surface area contributed by atoms with Crippen molar-refractivity contribution in [1.82, 2.24) is 0 Å². The summed E-state index contributed by atoms with van der Waals surface area (Å²) in [5.41, 5.74) is 0.306. The smallest absolute Gasteiger partial charge is 0.331 e. The topological polar surface area (TPSA) is 74.6 Å². The first-order valence-corrected chi connectivity index (χ1v) is 3.33. The molecule has 0 saturated heterocycles. The molecule has 0 saturated carbocycles. The molecule has 0 aromatic carbocycles. The number of carbonyl (C=O) groups is 2.